The molecule has 0 aromatic carbocycles. The summed E-state index contributed by atoms with van der Waals surface area (Å²) < 4.78 is 0. The Bertz CT molecular complexity index is 304. The fourth-order valence-corrected chi connectivity index (χ4v) is 2.89. The largest absolute Gasteiger partial charge is 0.352 e. The molecular formula is C14H25ClN2O. The fraction of sp³-hybridized carbons (Fsp3) is 0.786. The van der Waals surface area contributed by atoms with Crippen molar-refractivity contribution >= 4 is 18.3 Å². The first-order valence-corrected chi connectivity index (χ1v) is 6.89. The molecule has 0 spiro atoms. The van der Waals surface area contributed by atoms with Crippen molar-refractivity contribution in [3.05, 3.63) is 11.6 Å². The SMILES string of the molecule is CC1CCC(CC(=O)NCC2=CCNCC2)C1.Cl. The number of carbonyl (C=O) groups excluding carboxylic acids is 1. The van der Waals surface area contributed by atoms with Gasteiger partial charge in [-0.05, 0) is 37.6 Å². The average molecular weight is 273 g/mol. The molecule has 4 heteroatoms. The molecule has 2 aliphatic rings. The molecule has 2 N–H and O–H groups in total. The van der Waals surface area contributed by atoms with Gasteiger partial charge in [-0.15, -0.1) is 12.4 Å². The lowest BCUT2D eigenvalue weighted by molar-refractivity contribution is -0.121. The van der Waals surface area contributed by atoms with Gasteiger partial charge in [0.2, 0.25) is 5.91 Å². The summed E-state index contributed by atoms with van der Waals surface area (Å²) >= 11 is 0. The highest BCUT2D eigenvalue weighted by atomic mass is 35.5. The molecule has 18 heavy (non-hydrogen) atoms. The van der Waals surface area contributed by atoms with Crippen molar-refractivity contribution < 1.29 is 4.79 Å². The Labute approximate surface area is 116 Å². The molecule has 0 aromatic heterocycles. The summed E-state index contributed by atoms with van der Waals surface area (Å²) in [6.45, 7) is 5.04. The van der Waals surface area contributed by atoms with Gasteiger partial charge in [0.25, 0.3) is 0 Å². The molecule has 1 heterocycles. The van der Waals surface area contributed by atoms with Crippen molar-refractivity contribution in [2.75, 3.05) is 19.6 Å². The summed E-state index contributed by atoms with van der Waals surface area (Å²) in [4.78, 5) is 11.8. The standard InChI is InChI=1S/C14H24N2O.ClH/c1-11-2-3-13(8-11)9-14(17)16-10-12-4-6-15-7-5-12;/h4,11,13,15H,2-3,5-10H2,1H3,(H,16,17);1H. The van der Waals surface area contributed by atoms with Crippen molar-refractivity contribution in [2.24, 2.45) is 11.8 Å². The van der Waals surface area contributed by atoms with Gasteiger partial charge in [-0.2, -0.15) is 0 Å². The van der Waals surface area contributed by atoms with Gasteiger partial charge < -0.3 is 10.6 Å². The van der Waals surface area contributed by atoms with Gasteiger partial charge in [0.05, 0.1) is 0 Å². The van der Waals surface area contributed by atoms with Crippen molar-refractivity contribution in [3.8, 4) is 0 Å². The molecule has 0 saturated heterocycles. The molecule has 0 aromatic rings. The Hall–Kier alpha value is -0.540. The van der Waals surface area contributed by atoms with Gasteiger partial charge in [0.1, 0.15) is 0 Å². The first-order valence-electron chi connectivity index (χ1n) is 6.89. The lowest BCUT2D eigenvalue weighted by Gasteiger charge is -2.15. The van der Waals surface area contributed by atoms with E-state index in [0.29, 0.717) is 5.92 Å². The van der Waals surface area contributed by atoms with Crippen LogP contribution in [0.5, 0.6) is 0 Å². The number of amides is 1. The molecule has 1 aliphatic heterocycles. The van der Waals surface area contributed by atoms with Gasteiger partial charge in [-0.25, -0.2) is 0 Å². The number of hydrogen-bond donors (Lipinski definition) is 2. The van der Waals surface area contributed by atoms with E-state index in [1.807, 2.05) is 0 Å². The molecule has 0 radical (unpaired) electrons. The maximum atomic E-state index is 11.8. The first-order chi connectivity index (χ1) is 8.24. The molecule has 0 bridgehead atoms. The van der Waals surface area contributed by atoms with Gasteiger partial charge in [0, 0.05) is 19.5 Å². The van der Waals surface area contributed by atoms with E-state index in [2.05, 4.69) is 23.6 Å². The molecular weight excluding hydrogens is 248 g/mol. The summed E-state index contributed by atoms with van der Waals surface area (Å²) in [6.07, 6.45) is 7.77. The molecule has 2 unspecified atom stereocenters. The van der Waals surface area contributed by atoms with Crippen LogP contribution in [-0.4, -0.2) is 25.5 Å². The summed E-state index contributed by atoms with van der Waals surface area (Å²) in [5.74, 6) is 1.69. The zero-order chi connectivity index (χ0) is 12.1. The van der Waals surface area contributed by atoms with Crippen LogP contribution in [0.2, 0.25) is 0 Å². The molecule has 1 aliphatic carbocycles. The second-order valence-electron chi connectivity index (χ2n) is 5.58. The van der Waals surface area contributed by atoms with Crippen LogP contribution in [-0.2, 0) is 4.79 Å². The minimum atomic E-state index is 0. The number of hydrogen-bond acceptors (Lipinski definition) is 2. The molecule has 1 fully saturated rings. The monoisotopic (exact) mass is 272 g/mol. The number of rotatable bonds is 4. The van der Waals surface area contributed by atoms with Crippen LogP contribution >= 0.6 is 12.4 Å². The molecule has 104 valence electrons. The molecule has 1 amide bonds. The minimum Gasteiger partial charge on any atom is -0.352 e. The van der Waals surface area contributed by atoms with E-state index in [1.54, 1.807) is 0 Å². The Morgan fingerprint density at radius 3 is 2.94 bits per heavy atom. The second kappa shape index (κ2) is 7.80. The molecule has 2 rings (SSSR count). The van der Waals surface area contributed by atoms with Crippen molar-refractivity contribution in [1.82, 2.24) is 10.6 Å². The van der Waals surface area contributed by atoms with E-state index in [-0.39, 0.29) is 18.3 Å². The number of carbonyl (C=O) groups is 1. The topological polar surface area (TPSA) is 41.1 Å². The maximum Gasteiger partial charge on any atom is 0.220 e. The average Bonchev–Trinajstić information content (AvgIpc) is 2.73. The van der Waals surface area contributed by atoms with E-state index in [4.69, 9.17) is 0 Å². The van der Waals surface area contributed by atoms with Crippen LogP contribution in [0.3, 0.4) is 0 Å². The smallest absolute Gasteiger partial charge is 0.220 e. The quantitative estimate of drug-likeness (QED) is 0.771. The fourth-order valence-electron chi connectivity index (χ4n) is 2.89. The number of halogens is 1. The summed E-state index contributed by atoms with van der Waals surface area (Å²) in [5.41, 5.74) is 1.37. The van der Waals surface area contributed by atoms with E-state index in [9.17, 15) is 4.79 Å². The normalized spacial score (nSPS) is 27.3. The highest BCUT2D eigenvalue weighted by Gasteiger charge is 2.23. The summed E-state index contributed by atoms with van der Waals surface area (Å²) in [6, 6.07) is 0. The zero-order valence-electron chi connectivity index (χ0n) is 11.2. The summed E-state index contributed by atoms with van der Waals surface area (Å²) in [7, 11) is 0. The maximum absolute atomic E-state index is 11.8. The predicted molar refractivity (Wildman–Crippen MR) is 76.9 cm³/mol. The predicted octanol–water partition coefficient (Wildman–Crippen LogP) is 2.27. The van der Waals surface area contributed by atoms with Gasteiger partial charge >= 0.3 is 0 Å². The first kappa shape index (κ1) is 15.5. The zero-order valence-corrected chi connectivity index (χ0v) is 12.0. The van der Waals surface area contributed by atoms with Gasteiger partial charge in [0.15, 0.2) is 0 Å². The second-order valence-corrected chi connectivity index (χ2v) is 5.58. The Balaban J connectivity index is 0.00000162. The highest BCUT2D eigenvalue weighted by molar-refractivity contribution is 5.85. The minimum absolute atomic E-state index is 0. The van der Waals surface area contributed by atoms with Crippen molar-refractivity contribution in [2.45, 2.75) is 39.0 Å². The lowest BCUT2D eigenvalue weighted by Crippen LogP contribution is -2.30. The molecule has 2 atom stereocenters. The summed E-state index contributed by atoms with van der Waals surface area (Å²) in [5, 5.41) is 6.34. The van der Waals surface area contributed by atoms with E-state index >= 15 is 0 Å². The Kier molecular flexibility index (Phi) is 6.72. The third kappa shape index (κ3) is 4.99. The van der Waals surface area contributed by atoms with E-state index in [0.717, 1.165) is 38.4 Å². The number of nitrogens with one attached hydrogen (secondary N) is 2. The van der Waals surface area contributed by atoms with Crippen LogP contribution in [0.1, 0.15) is 39.0 Å². The highest BCUT2D eigenvalue weighted by Crippen LogP contribution is 2.32. The third-order valence-corrected chi connectivity index (χ3v) is 3.95. The van der Waals surface area contributed by atoms with Crippen molar-refractivity contribution in [3.63, 3.8) is 0 Å². The van der Waals surface area contributed by atoms with E-state index < -0.39 is 0 Å². The van der Waals surface area contributed by atoms with E-state index in [1.165, 1.54) is 24.8 Å². The Morgan fingerprint density at radius 2 is 2.33 bits per heavy atom. The van der Waals surface area contributed by atoms with Crippen LogP contribution in [0.25, 0.3) is 0 Å². The van der Waals surface area contributed by atoms with Crippen LogP contribution in [0.4, 0.5) is 0 Å². The molecule has 3 nitrogen and oxygen atoms in total. The van der Waals surface area contributed by atoms with Gasteiger partial charge in [-0.1, -0.05) is 25.0 Å². The lowest BCUT2D eigenvalue weighted by atomic mass is 10.0. The molecule has 1 saturated carbocycles. The van der Waals surface area contributed by atoms with Crippen LogP contribution in [0, 0.1) is 11.8 Å². The van der Waals surface area contributed by atoms with Crippen molar-refractivity contribution in [1.29, 1.82) is 0 Å². The third-order valence-electron chi connectivity index (χ3n) is 3.95. The Morgan fingerprint density at radius 1 is 1.50 bits per heavy atom. The van der Waals surface area contributed by atoms with Crippen LogP contribution in [0.15, 0.2) is 11.6 Å². The van der Waals surface area contributed by atoms with Crippen LogP contribution < -0.4 is 10.6 Å². The van der Waals surface area contributed by atoms with Gasteiger partial charge in [-0.3, -0.25) is 4.79 Å².